The van der Waals surface area contributed by atoms with E-state index < -0.39 is 0 Å². The Morgan fingerprint density at radius 3 is 2.69 bits per heavy atom. The van der Waals surface area contributed by atoms with E-state index in [-0.39, 0.29) is 17.9 Å². The molecule has 4 heteroatoms. The molecule has 2 atom stereocenters. The van der Waals surface area contributed by atoms with Crippen molar-refractivity contribution in [1.82, 2.24) is 9.80 Å². The van der Waals surface area contributed by atoms with Crippen LogP contribution in [0.4, 0.5) is 0 Å². The topological polar surface area (TPSA) is 47.3 Å². The third-order valence-corrected chi connectivity index (χ3v) is 3.86. The van der Waals surface area contributed by atoms with Crippen molar-refractivity contribution in [3.05, 3.63) is 0 Å². The molecule has 0 spiro atoms. The van der Waals surface area contributed by atoms with Crippen LogP contribution in [-0.4, -0.2) is 41.4 Å². The molecule has 2 aliphatic heterocycles. The van der Waals surface area contributed by atoms with E-state index in [0.717, 1.165) is 25.9 Å². The predicted molar refractivity (Wildman–Crippen MR) is 60.2 cm³/mol. The molecule has 0 unspecified atom stereocenters. The van der Waals surface area contributed by atoms with Gasteiger partial charge in [-0.15, -0.1) is 0 Å². The van der Waals surface area contributed by atoms with Gasteiger partial charge < -0.3 is 9.80 Å². The summed E-state index contributed by atoms with van der Waals surface area (Å²) < 4.78 is 0. The molecule has 16 heavy (non-hydrogen) atoms. The van der Waals surface area contributed by atoms with E-state index in [1.807, 2.05) is 4.90 Å². The first-order valence-corrected chi connectivity index (χ1v) is 6.08. The number of nitrogens with zero attached hydrogens (tertiary/aromatic N) is 3. The van der Waals surface area contributed by atoms with Crippen molar-refractivity contribution in [2.75, 3.05) is 19.6 Å². The molecule has 1 amide bonds. The fourth-order valence-electron chi connectivity index (χ4n) is 2.86. The molecule has 2 fully saturated rings. The van der Waals surface area contributed by atoms with Crippen molar-refractivity contribution in [2.45, 2.75) is 32.7 Å². The van der Waals surface area contributed by atoms with Crippen molar-refractivity contribution in [3.63, 3.8) is 0 Å². The van der Waals surface area contributed by atoms with Crippen molar-refractivity contribution < 1.29 is 4.79 Å². The minimum atomic E-state index is 0.0598. The van der Waals surface area contributed by atoms with Gasteiger partial charge in [-0.25, -0.2) is 0 Å². The molecule has 2 aliphatic rings. The lowest BCUT2D eigenvalue weighted by Crippen LogP contribution is -2.54. The van der Waals surface area contributed by atoms with Crippen molar-refractivity contribution >= 4 is 5.91 Å². The van der Waals surface area contributed by atoms with E-state index in [9.17, 15) is 4.79 Å². The Kier molecular flexibility index (Phi) is 3.04. The first kappa shape index (κ1) is 11.3. The molecular formula is C12H19N3O. The number of nitriles is 1. The average molecular weight is 221 g/mol. The summed E-state index contributed by atoms with van der Waals surface area (Å²) in [5.41, 5.74) is 0. The van der Waals surface area contributed by atoms with E-state index in [0.29, 0.717) is 12.5 Å². The molecule has 4 nitrogen and oxygen atoms in total. The summed E-state index contributed by atoms with van der Waals surface area (Å²) in [5.74, 6) is 0.822. The Bertz CT molecular complexity index is 321. The number of hydrogen-bond donors (Lipinski definition) is 0. The van der Waals surface area contributed by atoms with E-state index >= 15 is 0 Å². The maximum absolute atomic E-state index is 12.3. The first-order valence-electron chi connectivity index (χ1n) is 6.08. The van der Waals surface area contributed by atoms with Gasteiger partial charge in [0.2, 0.25) is 5.91 Å². The van der Waals surface area contributed by atoms with Crippen LogP contribution >= 0.6 is 0 Å². The highest BCUT2D eigenvalue weighted by atomic mass is 16.2. The monoisotopic (exact) mass is 221 g/mol. The molecule has 0 aromatic carbocycles. The Morgan fingerprint density at radius 2 is 2.06 bits per heavy atom. The second-order valence-electron chi connectivity index (χ2n) is 5.12. The van der Waals surface area contributed by atoms with Crippen molar-refractivity contribution in [1.29, 1.82) is 5.26 Å². The minimum Gasteiger partial charge on any atom is -0.340 e. The van der Waals surface area contributed by atoms with Gasteiger partial charge >= 0.3 is 0 Å². The van der Waals surface area contributed by atoms with Gasteiger partial charge in [0.25, 0.3) is 0 Å². The van der Waals surface area contributed by atoms with Crippen LogP contribution in [0.1, 0.15) is 26.7 Å². The van der Waals surface area contributed by atoms with E-state index in [1.165, 1.54) is 0 Å². The zero-order chi connectivity index (χ0) is 11.7. The lowest BCUT2D eigenvalue weighted by Gasteiger charge is -2.44. The number of likely N-dealkylation sites (tertiary alicyclic amines) is 2. The van der Waals surface area contributed by atoms with Gasteiger partial charge in [0.05, 0.1) is 5.92 Å². The van der Waals surface area contributed by atoms with Crippen LogP contribution in [-0.2, 0) is 4.79 Å². The third kappa shape index (κ3) is 1.87. The fraction of sp³-hybridized carbons (Fsp3) is 0.833. The van der Waals surface area contributed by atoms with Gasteiger partial charge in [-0.2, -0.15) is 5.26 Å². The number of carbonyl (C=O) groups excluding carboxylic acids is 1. The maximum atomic E-state index is 12.3. The molecule has 0 radical (unpaired) electrons. The Morgan fingerprint density at radius 1 is 1.38 bits per heavy atom. The quantitative estimate of drug-likeness (QED) is 0.622. The zero-order valence-corrected chi connectivity index (χ0v) is 10.0. The zero-order valence-electron chi connectivity index (χ0n) is 10.0. The van der Waals surface area contributed by atoms with Crippen LogP contribution in [0.25, 0.3) is 0 Å². The van der Waals surface area contributed by atoms with Crippen LogP contribution in [0.3, 0.4) is 0 Å². The minimum absolute atomic E-state index is 0.0598. The number of rotatable bonds is 1. The summed E-state index contributed by atoms with van der Waals surface area (Å²) in [5, 5.41) is 8.89. The molecule has 0 N–H and O–H groups in total. The predicted octanol–water partition coefficient (Wildman–Crippen LogP) is 1.05. The summed E-state index contributed by atoms with van der Waals surface area (Å²) in [6.07, 6.45) is 4.27. The molecular weight excluding hydrogens is 202 g/mol. The summed E-state index contributed by atoms with van der Waals surface area (Å²) in [7, 11) is 0. The smallest absolute Gasteiger partial charge is 0.228 e. The molecule has 0 saturated carbocycles. The molecule has 88 valence electrons. The summed E-state index contributed by atoms with van der Waals surface area (Å²) in [4.78, 5) is 15.9. The second kappa shape index (κ2) is 4.32. The lowest BCUT2D eigenvalue weighted by atomic mass is 9.79. The highest BCUT2D eigenvalue weighted by Crippen LogP contribution is 2.32. The Labute approximate surface area is 96.8 Å². The van der Waals surface area contributed by atoms with Gasteiger partial charge in [-0.05, 0) is 32.6 Å². The summed E-state index contributed by atoms with van der Waals surface area (Å²) in [6.45, 7) is 6.46. The highest BCUT2D eigenvalue weighted by Gasteiger charge is 2.40. The molecule has 0 aromatic rings. The molecule has 0 bridgehead atoms. The number of hydrogen-bond acceptors (Lipinski definition) is 3. The largest absolute Gasteiger partial charge is 0.340 e. The third-order valence-electron chi connectivity index (χ3n) is 3.86. The summed E-state index contributed by atoms with van der Waals surface area (Å²) in [6, 6.07) is 0.283. The number of amides is 1. The van der Waals surface area contributed by atoms with Gasteiger partial charge in [0, 0.05) is 25.7 Å². The molecule has 0 aliphatic carbocycles. The standard InChI is InChI=1S/C12H19N3O/c1-9(2)15-6-4-10-3-5-14(8-13)7-11(10)12(15)16/h9-11H,3-7H2,1-2H3/t10-,11+/m0/s1. The molecule has 0 aromatic heterocycles. The van der Waals surface area contributed by atoms with Crippen molar-refractivity contribution in [3.8, 4) is 6.19 Å². The van der Waals surface area contributed by atoms with Gasteiger partial charge in [-0.1, -0.05) is 0 Å². The van der Waals surface area contributed by atoms with Gasteiger partial charge in [-0.3, -0.25) is 4.79 Å². The Hall–Kier alpha value is -1.24. The SMILES string of the molecule is CC(C)N1CC[C@@H]2CCN(C#N)C[C@H]2C1=O. The number of fused-ring (bicyclic) bond motifs is 1. The number of piperidine rings is 2. The lowest BCUT2D eigenvalue weighted by molar-refractivity contribution is -0.145. The maximum Gasteiger partial charge on any atom is 0.228 e. The Balaban J connectivity index is 2.09. The van der Waals surface area contributed by atoms with Gasteiger partial charge in [0.15, 0.2) is 6.19 Å². The fourth-order valence-corrected chi connectivity index (χ4v) is 2.86. The molecule has 2 heterocycles. The number of carbonyl (C=O) groups is 1. The summed E-state index contributed by atoms with van der Waals surface area (Å²) >= 11 is 0. The molecule has 2 rings (SSSR count). The van der Waals surface area contributed by atoms with E-state index in [2.05, 4.69) is 20.0 Å². The van der Waals surface area contributed by atoms with Crippen LogP contribution in [0.2, 0.25) is 0 Å². The van der Waals surface area contributed by atoms with Crippen LogP contribution in [0, 0.1) is 23.3 Å². The van der Waals surface area contributed by atoms with E-state index in [1.54, 1.807) is 4.90 Å². The van der Waals surface area contributed by atoms with Crippen LogP contribution < -0.4 is 0 Å². The van der Waals surface area contributed by atoms with Crippen molar-refractivity contribution in [2.24, 2.45) is 11.8 Å². The highest BCUT2D eigenvalue weighted by molar-refractivity contribution is 5.80. The first-order chi connectivity index (χ1) is 7.63. The average Bonchev–Trinajstić information content (AvgIpc) is 2.28. The molecule has 2 saturated heterocycles. The van der Waals surface area contributed by atoms with Crippen LogP contribution in [0.15, 0.2) is 0 Å². The van der Waals surface area contributed by atoms with Crippen LogP contribution in [0.5, 0.6) is 0 Å². The van der Waals surface area contributed by atoms with E-state index in [4.69, 9.17) is 5.26 Å². The second-order valence-corrected chi connectivity index (χ2v) is 5.12. The normalized spacial score (nSPS) is 30.2. The van der Waals surface area contributed by atoms with Gasteiger partial charge in [0.1, 0.15) is 0 Å².